The van der Waals surface area contributed by atoms with Gasteiger partial charge in [0.15, 0.2) is 11.5 Å². The van der Waals surface area contributed by atoms with Crippen molar-refractivity contribution in [3.05, 3.63) is 114 Å². The largest absolute Gasteiger partial charge is 0.486 e. The molecule has 1 aliphatic rings. The van der Waals surface area contributed by atoms with E-state index in [1.165, 1.54) is 0 Å². The molecule has 0 fully saturated rings. The molecule has 0 radical (unpaired) electrons. The summed E-state index contributed by atoms with van der Waals surface area (Å²) in [6.45, 7) is 1.17. The standard InChI is InChI=1S/C28H25N3O2S/c1-31(24-15-16-26-27(20-24)33-18-17-32-26)34-25-14-8-13-23(19-25)29-30-28(21-9-4-2-5-10-21)22-11-6-3-7-12-22/h2-16,19-20,29H,17-18H2,1H3. The van der Waals surface area contributed by atoms with E-state index in [2.05, 4.69) is 46.1 Å². The number of ether oxygens (including phenoxy) is 2. The molecule has 0 aliphatic carbocycles. The summed E-state index contributed by atoms with van der Waals surface area (Å²) in [5.74, 6) is 1.58. The number of nitrogens with zero attached hydrogens (tertiary/aromatic N) is 2. The third-order valence-corrected chi connectivity index (χ3v) is 6.31. The van der Waals surface area contributed by atoms with E-state index in [0.29, 0.717) is 13.2 Å². The lowest BCUT2D eigenvalue weighted by atomic mass is 10.0. The van der Waals surface area contributed by atoms with Gasteiger partial charge in [0.05, 0.1) is 17.1 Å². The van der Waals surface area contributed by atoms with Crippen LogP contribution in [0.25, 0.3) is 0 Å². The molecule has 5 rings (SSSR count). The highest BCUT2D eigenvalue weighted by molar-refractivity contribution is 8.00. The zero-order valence-corrected chi connectivity index (χ0v) is 19.7. The second-order valence-corrected chi connectivity index (χ2v) is 8.95. The second-order valence-electron chi connectivity index (χ2n) is 7.75. The number of hydrazone groups is 1. The van der Waals surface area contributed by atoms with Gasteiger partial charge in [-0.25, -0.2) is 0 Å². The van der Waals surface area contributed by atoms with Crippen molar-refractivity contribution in [2.75, 3.05) is 30.0 Å². The average Bonchev–Trinajstić information content (AvgIpc) is 2.90. The van der Waals surface area contributed by atoms with Gasteiger partial charge in [0.25, 0.3) is 0 Å². The summed E-state index contributed by atoms with van der Waals surface area (Å²) in [5, 5.41) is 4.77. The first kappa shape index (κ1) is 21.9. The van der Waals surface area contributed by atoms with E-state index in [4.69, 9.17) is 14.6 Å². The van der Waals surface area contributed by atoms with Gasteiger partial charge < -0.3 is 13.8 Å². The molecule has 5 nitrogen and oxygen atoms in total. The van der Waals surface area contributed by atoms with E-state index >= 15 is 0 Å². The Kier molecular flexibility index (Phi) is 6.68. The quantitative estimate of drug-likeness (QED) is 0.192. The molecule has 34 heavy (non-hydrogen) atoms. The molecule has 1 N–H and O–H groups in total. The van der Waals surface area contributed by atoms with E-state index in [-0.39, 0.29) is 0 Å². The smallest absolute Gasteiger partial charge is 0.163 e. The molecule has 0 aromatic heterocycles. The molecule has 170 valence electrons. The van der Waals surface area contributed by atoms with Crippen molar-refractivity contribution >= 4 is 29.0 Å². The maximum atomic E-state index is 5.73. The first-order valence-electron chi connectivity index (χ1n) is 11.1. The van der Waals surface area contributed by atoms with E-state index < -0.39 is 0 Å². The third kappa shape index (κ3) is 5.18. The van der Waals surface area contributed by atoms with Crippen molar-refractivity contribution < 1.29 is 9.47 Å². The van der Waals surface area contributed by atoms with Crippen molar-refractivity contribution in [1.29, 1.82) is 0 Å². The number of hydrogen-bond acceptors (Lipinski definition) is 6. The maximum Gasteiger partial charge on any atom is 0.163 e. The predicted octanol–water partition coefficient (Wildman–Crippen LogP) is 6.47. The van der Waals surface area contributed by atoms with Crippen molar-refractivity contribution in [3.63, 3.8) is 0 Å². The van der Waals surface area contributed by atoms with Crippen LogP contribution >= 0.6 is 11.9 Å². The van der Waals surface area contributed by atoms with E-state index in [1.807, 2.05) is 73.8 Å². The van der Waals surface area contributed by atoms with Crippen LogP contribution in [0.2, 0.25) is 0 Å². The van der Waals surface area contributed by atoms with Gasteiger partial charge in [0.2, 0.25) is 0 Å². The first-order valence-corrected chi connectivity index (χ1v) is 11.9. The summed E-state index contributed by atoms with van der Waals surface area (Å²) in [6.07, 6.45) is 0. The maximum absolute atomic E-state index is 5.73. The van der Waals surface area contributed by atoms with Crippen molar-refractivity contribution in [2.24, 2.45) is 5.10 Å². The van der Waals surface area contributed by atoms with Crippen molar-refractivity contribution in [3.8, 4) is 11.5 Å². The van der Waals surface area contributed by atoms with Crippen LogP contribution in [0, 0.1) is 0 Å². The topological polar surface area (TPSA) is 46.1 Å². The minimum absolute atomic E-state index is 0.579. The zero-order chi connectivity index (χ0) is 23.2. The molecule has 0 unspecified atom stereocenters. The number of anilines is 2. The lowest BCUT2D eigenvalue weighted by molar-refractivity contribution is 0.171. The molecule has 1 aliphatic heterocycles. The zero-order valence-electron chi connectivity index (χ0n) is 18.8. The molecule has 6 heteroatoms. The van der Waals surface area contributed by atoms with Crippen LogP contribution in [0.4, 0.5) is 11.4 Å². The summed E-state index contributed by atoms with van der Waals surface area (Å²) < 4.78 is 13.5. The Morgan fingerprint density at radius 1 is 0.765 bits per heavy atom. The molecular weight excluding hydrogens is 442 g/mol. The monoisotopic (exact) mass is 467 g/mol. The van der Waals surface area contributed by atoms with Gasteiger partial charge in [0, 0.05) is 29.1 Å². The van der Waals surface area contributed by atoms with Crippen LogP contribution in [0.5, 0.6) is 11.5 Å². The summed E-state index contributed by atoms with van der Waals surface area (Å²) in [5.41, 5.74) is 8.24. The fraction of sp³-hybridized carbons (Fsp3) is 0.107. The fourth-order valence-electron chi connectivity index (χ4n) is 3.67. The minimum Gasteiger partial charge on any atom is -0.486 e. The van der Waals surface area contributed by atoms with Gasteiger partial charge in [0.1, 0.15) is 13.2 Å². The molecule has 0 amide bonds. The summed E-state index contributed by atoms with van der Waals surface area (Å²) in [6, 6.07) is 34.7. The Labute approximate surface area is 204 Å². The molecular formula is C28H25N3O2S. The first-order chi connectivity index (χ1) is 16.8. The van der Waals surface area contributed by atoms with Crippen LogP contribution in [-0.4, -0.2) is 26.0 Å². The Hall–Kier alpha value is -3.90. The molecule has 0 saturated heterocycles. The molecule has 0 saturated carbocycles. The van der Waals surface area contributed by atoms with Crippen molar-refractivity contribution in [1.82, 2.24) is 0 Å². The number of nitrogens with one attached hydrogen (secondary N) is 1. The number of hydrogen-bond donors (Lipinski definition) is 1. The van der Waals surface area contributed by atoms with Crippen LogP contribution < -0.4 is 19.2 Å². The molecule has 0 bridgehead atoms. The molecule has 4 aromatic rings. The van der Waals surface area contributed by atoms with E-state index in [1.54, 1.807) is 11.9 Å². The van der Waals surface area contributed by atoms with E-state index in [0.717, 1.165) is 44.6 Å². The van der Waals surface area contributed by atoms with Crippen LogP contribution in [0.1, 0.15) is 11.1 Å². The van der Waals surface area contributed by atoms with Gasteiger partial charge in [-0.3, -0.25) is 5.43 Å². The van der Waals surface area contributed by atoms with Crippen molar-refractivity contribution in [2.45, 2.75) is 4.90 Å². The Bertz CT molecular complexity index is 1240. The van der Waals surface area contributed by atoms with Gasteiger partial charge in [-0.05, 0) is 42.3 Å². The molecule has 0 spiro atoms. The van der Waals surface area contributed by atoms with Gasteiger partial charge in [-0.2, -0.15) is 5.10 Å². The Balaban J connectivity index is 1.34. The second kappa shape index (κ2) is 10.4. The molecule has 1 heterocycles. The summed E-state index contributed by atoms with van der Waals surface area (Å²) in [4.78, 5) is 1.10. The van der Waals surface area contributed by atoms with Gasteiger partial charge in [-0.1, -0.05) is 66.7 Å². The Morgan fingerprint density at radius 2 is 1.44 bits per heavy atom. The van der Waals surface area contributed by atoms with Gasteiger partial charge in [-0.15, -0.1) is 0 Å². The minimum atomic E-state index is 0.579. The molecule has 4 aromatic carbocycles. The SMILES string of the molecule is CN(Sc1cccc(NN=C(c2ccccc2)c2ccccc2)c1)c1ccc2c(c1)OCCO2. The number of fused-ring (bicyclic) bond motifs is 1. The molecule has 0 atom stereocenters. The number of benzene rings is 4. The predicted molar refractivity (Wildman–Crippen MR) is 140 cm³/mol. The summed E-state index contributed by atoms with van der Waals surface area (Å²) in [7, 11) is 2.04. The Morgan fingerprint density at radius 3 is 2.15 bits per heavy atom. The van der Waals surface area contributed by atoms with Crippen LogP contribution in [0.15, 0.2) is 113 Å². The lowest BCUT2D eigenvalue weighted by Gasteiger charge is -2.22. The summed E-state index contributed by atoms with van der Waals surface area (Å²) >= 11 is 1.64. The highest BCUT2D eigenvalue weighted by atomic mass is 32.2. The highest BCUT2D eigenvalue weighted by Gasteiger charge is 2.14. The third-order valence-electron chi connectivity index (χ3n) is 5.36. The highest BCUT2D eigenvalue weighted by Crippen LogP contribution is 2.36. The van der Waals surface area contributed by atoms with Crippen LogP contribution in [-0.2, 0) is 0 Å². The normalized spacial score (nSPS) is 12.0. The average molecular weight is 468 g/mol. The van der Waals surface area contributed by atoms with E-state index in [9.17, 15) is 0 Å². The fourth-order valence-corrected chi connectivity index (χ4v) is 4.52. The number of rotatable bonds is 7. The van der Waals surface area contributed by atoms with Gasteiger partial charge >= 0.3 is 0 Å². The van der Waals surface area contributed by atoms with Crippen LogP contribution in [0.3, 0.4) is 0 Å². The lowest BCUT2D eigenvalue weighted by Crippen LogP contribution is -2.16.